The van der Waals surface area contributed by atoms with E-state index >= 15 is 0 Å². The highest BCUT2D eigenvalue weighted by Crippen LogP contribution is 2.18. The maximum Gasteiger partial charge on any atom is 0.118 e. The first kappa shape index (κ1) is 12.6. The summed E-state index contributed by atoms with van der Waals surface area (Å²) in [6.45, 7) is 7.43. The van der Waals surface area contributed by atoms with Crippen molar-refractivity contribution in [2.24, 2.45) is 5.73 Å². The van der Waals surface area contributed by atoms with Crippen molar-refractivity contribution in [3.8, 4) is 0 Å². The molecule has 0 spiro atoms. The summed E-state index contributed by atoms with van der Waals surface area (Å²) in [4.78, 5) is 2.44. The quantitative estimate of drug-likeness (QED) is 0.868. The van der Waals surface area contributed by atoms with Crippen LogP contribution in [0.25, 0.3) is 0 Å². The Morgan fingerprint density at radius 2 is 2.18 bits per heavy atom. The molecular weight excluding hydrogens is 216 g/mol. The van der Waals surface area contributed by atoms with Gasteiger partial charge in [0.15, 0.2) is 0 Å². The predicted molar refractivity (Wildman–Crippen MR) is 66.5 cm³/mol. The zero-order chi connectivity index (χ0) is 12.3. The molecule has 1 fully saturated rings. The second-order valence-corrected chi connectivity index (χ2v) is 4.71. The van der Waals surface area contributed by atoms with Crippen molar-refractivity contribution in [1.29, 1.82) is 0 Å². The van der Waals surface area contributed by atoms with Crippen LogP contribution in [-0.4, -0.2) is 30.2 Å². The molecule has 0 amide bonds. The number of nitrogens with two attached hydrogens (primary N) is 1. The van der Waals surface area contributed by atoms with Gasteiger partial charge in [-0.15, -0.1) is 0 Å². The summed E-state index contributed by atoms with van der Waals surface area (Å²) < 4.78 is 11.3. The molecule has 2 heterocycles. The molecule has 2 unspecified atom stereocenters. The number of furan rings is 1. The van der Waals surface area contributed by atoms with Gasteiger partial charge in [0.2, 0.25) is 0 Å². The predicted octanol–water partition coefficient (Wildman–Crippen LogP) is 1.74. The van der Waals surface area contributed by atoms with Crippen LogP contribution in [0, 0.1) is 0 Å². The monoisotopic (exact) mass is 238 g/mol. The maximum atomic E-state index is 5.68. The van der Waals surface area contributed by atoms with Gasteiger partial charge in [0.05, 0.1) is 25.8 Å². The van der Waals surface area contributed by atoms with E-state index in [1.807, 2.05) is 12.1 Å². The van der Waals surface area contributed by atoms with Crippen molar-refractivity contribution in [2.45, 2.75) is 45.5 Å². The number of hydrogen-bond acceptors (Lipinski definition) is 4. The highest BCUT2D eigenvalue weighted by atomic mass is 16.5. The van der Waals surface area contributed by atoms with Crippen molar-refractivity contribution >= 4 is 0 Å². The van der Waals surface area contributed by atoms with Gasteiger partial charge >= 0.3 is 0 Å². The Morgan fingerprint density at radius 3 is 2.82 bits per heavy atom. The fraction of sp³-hybridized carbons (Fsp3) is 0.692. The van der Waals surface area contributed by atoms with Gasteiger partial charge in [-0.05, 0) is 25.5 Å². The zero-order valence-corrected chi connectivity index (χ0v) is 10.7. The van der Waals surface area contributed by atoms with E-state index < -0.39 is 0 Å². The summed E-state index contributed by atoms with van der Waals surface area (Å²) in [7, 11) is 0. The van der Waals surface area contributed by atoms with E-state index in [4.69, 9.17) is 14.9 Å². The lowest BCUT2D eigenvalue weighted by atomic mass is 10.1. The number of hydrogen-bond donors (Lipinski definition) is 1. The molecule has 2 rings (SSSR count). The third kappa shape index (κ3) is 3.09. The third-order valence-electron chi connectivity index (χ3n) is 3.33. The zero-order valence-electron chi connectivity index (χ0n) is 10.7. The van der Waals surface area contributed by atoms with E-state index in [1.54, 1.807) is 0 Å². The van der Waals surface area contributed by atoms with E-state index in [2.05, 4.69) is 18.7 Å². The van der Waals surface area contributed by atoms with Gasteiger partial charge in [0.25, 0.3) is 0 Å². The Hall–Kier alpha value is -0.840. The van der Waals surface area contributed by atoms with Crippen LogP contribution in [0.5, 0.6) is 0 Å². The first-order valence-electron chi connectivity index (χ1n) is 6.36. The topological polar surface area (TPSA) is 51.6 Å². The molecule has 4 nitrogen and oxygen atoms in total. The Labute approximate surface area is 103 Å². The summed E-state index contributed by atoms with van der Waals surface area (Å²) in [5.41, 5.74) is 5.54. The highest BCUT2D eigenvalue weighted by Gasteiger charge is 2.26. The molecule has 1 aromatic rings. The van der Waals surface area contributed by atoms with E-state index in [-0.39, 0.29) is 0 Å². The number of nitrogens with zero attached hydrogens (tertiary/aromatic N) is 1. The standard InChI is InChI=1S/C13H22N2O2/c1-3-11-9-16-10(2)7-15(11)8-13-5-4-12(6-14)17-13/h4-5,10-11H,3,6-9,14H2,1-2H3. The van der Waals surface area contributed by atoms with Crippen molar-refractivity contribution < 1.29 is 9.15 Å². The van der Waals surface area contributed by atoms with Gasteiger partial charge < -0.3 is 14.9 Å². The Morgan fingerprint density at radius 1 is 1.41 bits per heavy atom. The second-order valence-electron chi connectivity index (χ2n) is 4.71. The van der Waals surface area contributed by atoms with E-state index in [9.17, 15) is 0 Å². The minimum absolute atomic E-state index is 0.307. The molecule has 1 aliphatic rings. The number of ether oxygens (including phenoxy) is 1. The fourth-order valence-corrected chi connectivity index (χ4v) is 2.30. The molecular formula is C13H22N2O2. The van der Waals surface area contributed by atoms with Crippen LogP contribution in [0.15, 0.2) is 16.5 Å². The Bertz CT molecular complexity index is 351. The third-order valence-corrected chi connectivity index (χ3v) is 3.33. The summed E-state index contributed by atoms with van der Waals surface area (Å²) in [5, 5.41) is 0. The molecule has 0 radical (unpaired) electrons. The molecule has 2 N–H and O–H groups in total. The molecule has 1 aromatic heterocycles. The molecule has 4 heteroatoms. The average Bonchev–Trinajstić information content (AvgIpc) is 2.77. The van der Waals surface area contributed by atoms with Gasteiger partial charge in [-0.2, -0.15) is 0 Å². The van der Waals surface area contributed by atoms with E-state index in [0.717, 1.165) is 37.6 Å². The van der Waals surface area contributed by atoms with Crippen molar-refractivity contribution in [3.05, 3.63) is 23.7 Å². The van der Waals surface area contributed by atoms with Crippen molar-refractivity contribution in [2.75, 3.05) is 13.2 Å². The highest BCUT2D eigenvalue weighted by molar-refractivity contribution is 5.07. The average molecular weight is 238 g/mol. The van der Waals surface area contributed by atoms with Gasteiger partial charge in [-0.3, -0.25) is 4.90 Å². The van der Waals surface area contributed by atoms with Gasteiger partial charge in [-0.25, -0.2) is 0 Å². The SMILES string of the molecule is CCC1COC(C)CN1Cc1ccc(CN)o1. The summed E-state index contributed by atoms with van der Waals surface area (Å²) in [6, 6.07) is 4.48. The minimum Gasteiger partial charge on any atom is -0.463 e. The van der Waals surface area contributed by atoms with Crippen molar-refractivity contribution in [3.63, 3.8) is 0 Å². The van der Waals surface area contributed by atoms with Crippen LogP contribution in [0.3, 0.4) is 0 Å². The van der Waals surface area contributed by atoms with Crippen LogP contribution in [0.4, 0.5) is 0 Å². The number of rotatable bonds is 4. The summed E-state index contributed by atoms with van der Waals surface area (Å²) >= 11 is 0. The molecule has 1 aliphatic heterocycles. The molecule has 2 atom stereocenters. The minimum atomic E-state index is 0.307. The molecule has 0 aliphatic carbocycles. The maximum absolute atomic E-state index is 5.68. The van der Waals surface area contributed by atoms with Gasteiger partial charge in [0.1, 0.15) is 11.5 Å². The molecule has 0 bridgehead atoms. The lowest BCUT2D eigenvalue weighted by molar-refractivity contribution is -0.0611. The Balaban J connectivity index is 1.99. The smallest absolute Gasteiger partial charge is 0.118 e. The van der Waals surface area contributed by atoms with E-state index in [1.165, 1.54) is 0 Å². The molecule has 0 aromatic carbocycles. The van der Waals surface area contributed by atoms with Crippen LogP contribution < -0.4 is 5.73 Å². The molecule has 96 valence electrons. The van der Waals surface area contributed by atoms with Crippen LogP contribution in [0.2, 0.25) is 0 Å². The van der Waals surface area contributed by atoms with Crippen molar-refractivity contribution in [1.82, 2.24) is 4.90 Å². The number of morpholine rings is 1. The lowest BCUT2D eigenvalue weighted by Gasteiger charge is -2.37. The van der Waals surface area contributed by atoms with Gasteiger partial charge in [0, 0.05) is 12.6 Å². The largest absolute Gasteiger partial charge is 0.463 e. The molecule has 0 saturated carbocycles. The first-order valence-corrected chi connectivity index (χ1v) is 6.36. The normalized spacial score (nSPS) is 26.3. The fourth-order valence-electron chi connectivity index (χ4n) is 2.30. The lowest BCUT2D eigenvalue weighted by Crippen LogP contribution is -2.47. The van der Waals surface area contributed by atoms with Crippen LogP contribution in [0.1, 0.15) is 31.8 Å². The van der Waals surface area contributed by atoms with E-state index in [0.29, 0.717) is 18.7 Å². The molecule has 17 heavy (non-hydrogen) atoms. The van der Waals surface area contributed by atoms with Crippen LogP contribution >= 0.6 is 0 Å². The Kier molecular flexibility index (Phi) is 4.20. The summed E-state index contributed by atoms with van der Waals surface area (Å²) in [6.07, 6.45) is 1.42. The summed E-state index contributed by atoms with van der Waals surface area (Å²) in [5.74, 6) is 1.85. The van der Waals surface area contributed by atoms with Gasteiger partial charge in [-0.1, -0.05) is 6.92 Å². The second kappa shape index (κ2) is 5.67. The molecule has 1 saturated heterocycles. The van der Waals surface area contributed by atoms with Crippen LogP contribution in [-0.2, 0) is 17.8 Å². The first-order chi connectivity index (χ1) is 8.22.